The van der Waals surface area contributed by atoms with Gasteiger partial charge in [0.05, 0.1) is 0 Å². The van der Waals surface area contributed by atoms with Gasteiger partial charge in [-0.2, -0.15) is 17.2 Å². The highest BCUT2D eigenvalue weighted by Gasteiger charge is 2.56. The highest BCUT2D eigenvalue weighted by atomic mass is 32.2. The minimum Gasteiger partial charge on any atom is -0.454 e. The summed E-state index contributed by atoms with van der Waals surface area (Å²) in [5.74, 6) is -2.20. The summed E-state index contributed by atoms with van der Waals surface area (Å²) in [5.41, 5.74) is -1.02. The molecule has 0 saturated heterocycles. The van der Waals surface area contributed by atoms with E-state index in [2.05, 4.69) is 4.74 Å². The lowest BCUT2D eigenvalue weighted by Gasteiger charge is -2.28. The van der Waals surface area contributed by atoms with Gasteiger partial charge in [-0.3, -0.25) is 4.55 Å². The van der Waals surface area contributed by atoms with Crippen molar-refractivity contribution < 1.29 is 31.3 Å². The van der Waals surface area contributed by atoms with E-state index in [0.29, 0.717) is 19.3 Å². The number of alkyl halides is 2. The van der Waals surface area contributed by atoms with E-state index in [4.69, 9.17) is 4.55 Å². The highest BCUT2D eigenvalue weighted by Crippen LogP contribution is 2.38. The normalized spacial score (nSPS) is 20.2. The molecule has 0 bridgehead atoms. The Labute approximate surface area is 97.9 Å². The van der Waals surface area contributed by atoms with E-state index in [0.717, 1.165) is 12.8 Å². The van der Waals surface area contributed by atoms with Gasteiger partial charge < -0.3 is 4.74 Å². The summed E-state index contributed by atoms with van der Waals surface area (Å²) in [5, 5.41) is -4.90. The van der Waals surface area contributed by atoms with Crippen molar-refractivity contribution in [2.45, 2.75) is 49.9 Å². The van der Waals surface area contributed by atoms with Crippen LogP contribution in [-0.4, -0.2) is 29.8 Å². The average molecular weight is 272 g/mol. The molecule has 5 nitrogen and oxygen atoms in total. The van der Waals surface area contributed by atoms with E-state index >= 15 is 0 Å². The number of esters is 1. The second kappa shape index (κ2) is 4.49. The maximum atomic E-state index is 13.0. The molecule has 1 N–H and O–H groups in total. The molecular weight excluding hydrogens is 258 g/mol. The third-order valence-corrected chi connectivity index (χ3v) is 3.84. The van der Waals surface area contributed by atoms with E-state index in [1.807, 2.05) is 0 Å². The van der Waals surface area contributed by atoms with Crippen LogP contribution in [0.1, 0.15) is 39.0 Å². The lowest BCUT2D eigenvalue weighted by molar-refractivity contribution is -0.177. The molecule has 1 rings (SSSR count). The number of halogens is 2. The van der Waals surface area contributed by atoms with Crippen molar-refractivity contribution >= 4 is 16.1 Å². The van der Waals surface area contributed by atoms with Gasteiger partial charge in [0.15, 0.2) is 0 Å². The zero-order valence-electron chi connectivity index (χ0n) is 9.28. The molecule has 0 spiro atoms. The van der Waals surface area contributed by atoms with Gasteiger partial charge in [-0.15, -0.1) is 0 Å². The Bertz CT molecular complexity index is 398. The van der Waals surface area contributed by atoms with Crippen molar-refractivity contribution in [2.75, 3.05) is 0 Å². The fourth-order valence-corrected chi connectivity index (χ4v) is 2.16. The summed E-state index contributed by atoms with van der Waals surface area (Å²) < 4.78 is 59.6. The Morgan fingerprint density at radius 3 is 2.24 bits per heavy atom. The maximum Gasteiger partial charge on any atom is 0.465 e. The molecule has 1 fully saturated rings. The first kappa shape index (κ1) is 14.3. The SMILES string of the molecule is CCC1(OC(=O)C(F)(F)S(=O)(=O)O)CCCC1. The van der Waals surface area contributed by atoms with Gasteiger partial charge in [0.1, 0.15) is 5.60 Å². The molecule has 0 aromatic rings. The molecule has 0 atom stereocenters. The minimum atomic E-state index is -5.79. The first-order valence-electron chi connectivity index (χ1n) is 5.23. The Kier molecular flexibility index (Phi) is 3.78. The van der Waals surface area contributed by atoms with Gasteiger partial charge in [0.2, 0.25) is 0 Å². The van der Waals surface area contributed by atoms with Crippen LogP contribution in [0.25, 0.3) is 0 Å². The van der Waals surface area contributed by atoms with Crippen molar-refractivity contribution in [3.8, 4) is 0 Å². The summed E-state index contributed by atoms with van der Waals surface area (Å²) in [6, 6.07) is 0. The molecule has 1 aliphatic carbocycles. The zero-order valence-corrected chi connectivity index (χ0v) is 10.1. The van der Waals surface area contributed by atoms with Crippen molar-refractivity contribution in [2.24, 2.45) is 0 Å². The molecule has 1 aliphatic rings. The molecular formula is C9H14F2O5S. The van der Waals surface area contributed by atoms with Crippen LogP contribution in [0, 0.1) is 0 Å². The molecule has 0 heterocycles. The Balaban J connectivity index is 2.85. The minimum absolute atomic E-state index is 0.334. The lowest BCUT2D eigenvalue weighted by Crippen LogP contribution is -2.44. The van der Waals surface area contributed by atoms with Gasteiger partial charge in [0, 0.05) is 0 Å². The number of carbonyl (C=O) groups excluding carboxylic acids is 1. The van der Waals surface area contributed by atoms with E-state index in [1.54, 1.807) is 6.92 Å². The molecule has 17 heavy (non-hydrogen) atoms. The molecule has 1 saturated carbocycles. The molecule has 0 aliphatic heterocycles. The Morgan fingerprint density at radius 1 is 1.41 bits per heavy atom. The van der Waals surface area contributed by atoms with Crippen LogP contribution in [0.2, 0.25) is 0 Å². The monoisotopic (exact) mass is 272 g/mol. The fourth-order valence-electron chi connectivity index (χ4n) is 1.91. The van der Waals surface area contributed by atoms with Crippen LogP contribution < -0.4 is 0 Å². The van der Waals surface area contributed by atoms with E-state index in [1.165, 1.54) is 0 Å². The Morgan fingerprint density at radius 2 is 1.88 bits per heavy atom. The average Bonchev–Trinajstić information content (AvgIpc) is 2.65. The van der Waals surface area contributed by atoms with Crippen LogP contribution in [0.3, 0.4) is 0 Å². The van der Waals surface area contributed by atoms with Crippen molar-refractivity contribution in [3.63, 3.8) is 0 Å². The van der Waals surface area contributed by atoms with Crippen molar-refractivity contribution in [1.82, 2.24) is 0 Å². The summed E-state index contributed by atoms with van der Waals surface area (Å²) in [4.78, 5) is 11.1. The fraction of sp³-hybridized carbons (Fsp3) is 0.889. The van der Waals surface area contributed by atoms with Crippen LogP contribution in [0.15, 0.2) is 0 Å². The smallest absolute Gasteiger partial charge is 0.454 e. The summed E-state index contributed by atoms with van der Waals surface area (Å²) in [6.45, 7) is 1.67. The van der Waals surface area contributed by atoms with Crippen LogP contribution in [0.4, 0.5) is 8.78 Å². The topological polar surface area (TPSA) is 80.7 Å². The van der Waals surface area contributed by atoms with Gasteiger partial charge in [-0.1, -0.05) is 6.92 Å². The van der Waals surface area contributed by atoms with Gasteiger partial charge in [-0.25, -0.2) is 4.79 Å². The molecule has 100 valence electrons. The Hall–Kier alpha value is -0.760. The highest BCUT2D eigenvalue weighted by molar-refractivity contribution is 7.87. The van der Waals surface area contributed by atoms with Gasteiger partial charge in [0.25, 0.3) is 0 Å². The van der Waals surface area contributed by atoms with E-state index in [9.17, 15) is 22.0 Å². The molecule has 0 unspecified atom stereocenters. The molecule has 0 radical (unpaired) electrons. The summed E-state index contributed by atoms with van der Waals surface area (Å²) >= 11 is 0. The second-order valence-corrected chi connectivity index (χ2v) is 5.59. The van der Waals surface area contributed by atoms with E-state index in [-0.39, 0.29) is 0 Å². The standard InChI is InChI=1S/C9H14F2O5S/c1-2-8(5-3-4-6-8)16-7(12)9(10,11)17(13,14)15/h2-6H2,1H3,(H,13,14,15). The summed E-state index contributed by atoms with van der Waals surface area (Å²) in [6.07, 6.45) is 2.66. The third kappa shape index (κ3) is 2.74. The molecule has 0 aromatic heterocycles. The lowest BCUT2D eigenvalue weighted by atomic mass is 9.99. The van der Waals surface area contributed by atoms with E-state index < -0.39 is 26.9 Å². The zero-order chi connectivity index (χ0) is 13.3. The van der Waals surface area contributed by atoms with Crippen molar-refractivity contribution in [1.29, 1.82) is 0 Å². The van der Waals surface area contributed by atoms with Crippen LogP contribution in [0.5, 0.6) is 0 Å². The van der Waals surface area contributed by atoms with Gasteiger partial charge >= 0.3 is 21.3 Å². The molecule has 8 heteroatoms. The maximum absolute atomic E-state index is 13.0. The third-order valence-electron chi connectivity index (χ3n) is 3.03. The number of ether oxygens (including phenoxy) is 1. The van der Waals surface area contributed by atoms with Crippen LogP contribution >= 0.6 is 0 Å². The first-order valence-corrected chi connectivity index (χ1v) is 6.67. The van der Waals surface area contributed by atoms with Crippen LogP contribution in [-0.2, 0) is 19.6 Å². The molecule has 0 amide bonds. The molecule has 0 aromatic carbocycles. The van der Waals surface area contributed by atoms with Crippen molar-refractivity contribution in [3.05, 3.63) is 0 Å². The summed E-state index contributed by atoms with van der Waals surface area (Å²) in [7, 11) is -5.79. The number of rotatable bonds is 4. The largest absolute Gasteiger partial charge is 0.465 e. The number of hydrogen-bond donors (Lipinski definition) is 1. The number of hydrogen-bond acceptors (Lipinski definition) is 4. The number of carbonyl (C=O) groups is 1. The van der Waals surface area contributed by atoms with Gasteiger partial charge in [-0.05, 0) is 32.1 Å². The predicted molar refractivity (Wildman–Crippen MR) is 54.1 cm³/mol. The predicted octanol–water partition coefficient (Wildman–Crippen LogP) is 1.73. The quantitative estimate of drug-likeness (QED) is 0.622. The first-order chi connectivity index (χ1) is 7.65. The second-order valence-electron chi connectivity index (χ2n) is 4.13.